The van der Waals surface area contributed by atoms with Gasteiger partial charge in [-0.25, -0.2) is 0 Å². The van der Waals surface area contributed by atoms with Crippen LogP contribution in [0, 0.1) is 6.92 Å². The lowest BCUT2D eigenvalue weighted by Crippen LogP contribution is -2.05. The van der Waals surface area contributed by atoms with Crippen molar-refractivity contribution < 1.29 is 4.79 Å². The fourth-order valence-corrected chi connectivity index (χ4v) is 1.73. The van der Waals surface area contributed by atoms with Crippen LogP contribution in [-0.4, -0.2) is 15.8 Å². The zero-order chi connectivity index (χ0) is 11.5. The van der Waals surface area contributed by atoms with Crippen molar-refractivity contribution >= 4 is 21.7 Å². The second-order valence-electron chi connectivity index (χ2n) is 3.35. The lowest BCUT2D eigenvalue weighted by atomic mass is 10.1. The lowest BCUT2D eigenvalue weighted by Gasteiger charge is -2.02. The molecule has 0 aliphatic carbocycles. The number of aryl methyl sites for hydroxylation is 1. The summed E-state index contributed by atoms with van der Waals surface area (Å²) in [6.45, 7) is 1.88. The van der Waals surface area contributed by atoms with E-state index >= 15 is 0 Å². The van der Waals surface area contributed by atoms with Crippen molar-refractivity contribution in [2.75, 3.05) is 0 Å². The van der Waals surface area contributed by atoms with Crippen LogP contribution in [0.25, 0.3) is 0 Å². The molecule has 4 heteroatoms. The molecule has 0 N–H and O–H groups in total. The zero-order valence-corrected chi connectivity index (χ0v) is 10.2. The van der Waals surface area contributed by atoms with Crippen molar-refractivity contribution in [1.29, 1.82) is 0 Å². The number of carbonyl (C=O) groups excluding carboxylic acids is 1. The summed E-state index contributed by atoms with van der Waals surface area (Å²) >= 11 is 3.30. The Balaban J connectivity index is 2.40. The summed E-state index contributed by atoms with van der Waals surface area (Å²) in [6.07, 6.45) is 3.17. The third-order valence-corrected chi connectivity index (χ3v) is 2.79. The summed E-state index contributed by atoms with van der Waals surface area (Å²) in [5.41, 5.74) is 1.84. The van der Waals surface area contributed by atoms with E-state index in [0.29, 0.717) is 15.7 Å². The number of halogens is 1. The molecule has 3 nitrogen and oxygen atoms in total. The molecule has 2 heterocycles. The summed E-state index contributed by atoms with van der Waals surface area (Å²) in [6, 6.07) is 7.13. The van der Waals surface area contributed by atoms with Gasteiger partial charge < -0.3 is 0 Å². The lowest BCUT2D eigenvalue weighted by molar-refractivity contribution is 0.103. The van der Waals surface area contributed by atoms with Gasteiger partial charge >= 0.3 is 0 Å². The Hall–Kier alpha value is -1.55. The molecule has 80 valence electrons. The molecule has 0 aliphatic heterocycles. The van der Waals surface area contributed by atoms with E-state index in [1.54, 1.807) is 30.6 Å². The van der Waals surface area contributed by atoms with Crippen molar-refractivity contribution in [2.24, 2.45) is 0 Å². The van der Waals surface area contributed by atoms with Crippen molar-refractivity contribution in [3.05, 3.63) is 58.1 Å². The van der Waals surface area contributed by atoms with Gasteiger partial charge in [0.1, 0.15) is 5.69 Å². The van der Waals surface area contributed by atoms with Gasteiger partial charge in [-0.15, -0.1) is 0 Å². The SMILES string of the molecule is Cc1ccc(C(=O)c2ncccc2Br)cn1. The van der Waals surface area contributed by atoms with E-state index in [2.05, 4.69) is 25.9 Å². The number of ketones is 1. The van der Waals surface area contributed by atoms with E-state index in [4.69, 9.17) is 0 Å². The van der Waals surface area contributed by atoms with Gasteiger partial charge in [0.2, 0.25) is 5.78 Å². The van der Waals surface area contributed by atoms with Gasteiger partial charge in [-0.2, -0.15) is 0 Å². The largest absolute Gasteiger partial charge is 0.287 e. The normalized spacial score (nSPS) is 10.1. The predicted octanol–water partition coefficient (Wildman–Crippen LogP) is 2.78. The highest BCUT2D eigenvalue weighted by Gasteiger charge is 2.13. The fraction of sp³-hybridized carbons (Fsp3) is 0.0833. The van der Waals surface area contributed by atoms with Crippen molar-refractivity contribution in [3.8, 4) is 0 Å². The second kappa shape index (κ2) is 4.53. The van der Waals surface area contributed by atoms with Crippen LogP contribution >= 0.6 is 15.9 Å². The average Bonchev–Trinajstić information content (AvgIpc) is 2.30. The highest BCUT2D eigenvalue weighted by atomic mass is 79.9. The fourth-order valence-electron chi connectivity index (χ4n) is 1.29. The smallest absolute Gasteiger partial charge is 0.214 e. The molecule has 0 saturated heterocycles. The number of rotatable bonds is 2. The van der Waals surface area contributed by atoms with Crippen LogP contribution in [0.3, 0.4) is 0 Å². The molecule has 2 aromatic rings. The number of carbonyl (C=O) groups is 1. The van der Waals surface area contributed by atoms with Crippen molar-refractivity contribution in [2.45, 2.75) is 6.92 Å². The van der Waals surface area contributed by atoms with Gasteiger partial charge in [0.05, 0.1) is 0 Å². The number of nitrogens with zero attached hydrogens (tertiary/aromatic N) is 2. The molecule has 0 amide bonds. The molecule has 0 aliphatic rings. The van der Waals surface area contributed by atoms with Crippen LogP contribution < -0.4 is 0 Å². The summed E-state index contributed by atoms with van der Waals surface area (Å²) in [5, 5.41) is 0. The summed E-state index contributed by atoms with van der Waals surface area (Å²) < 4.78 is 0.695. The Labute approximate surface area is 102 Å². The first-order chi connectivity index (χ1) is 7.68. The minimum absolute atomic E-state index is 0.125. The maximum absolute atomic E-state index is 12.0. The predicted molar refractivity (Wildman–Crippen MR) is 64.3 cm³/mol. The monoisotopic (exact) mass is 276 g/mol. The number of pyridine rings is 2. The second-order valence-corrected chi connectivity index (χ2v) is 4.21. The Bertz CT molecular complexity index is 523. The zero-order valence-electron chi connectivity index (χ0n) is 8.64. The van der Waals surface area contributed by atoms with Gasteiger partial charge in [-0.3, -0.25) is 14.8 Å². The Morgan fingerprint density at radius 1 is 1.25 bits per heavy atom. The van der Waals surface area contributed by atoms with E-state index in [0.717, 1.165) is 5.69 Å². The van der Waals surface area contributed by atoms with Crippen LogP contribution in [0.2, 0.25) is 0 Å². The highest BCUT2D eigenvalue weighted by Crippen LogP contribution is 2.17. The van der Waals surface area contributed by atoms with Gasteiger partial charge in [0.25, 0.3) is 0 Å². The molecule has 0 unspecified atom stereocenters. The third-order valence-electron chi connectivity index (χ3n) is 2.15. The maximum atomic E-state index is 12.0. The topological polar surface area (TPSA) is 42.9 Å². The molecule has 0 fully saturated rings. The molecule has 16 heavy (non-hydrogen) atoms. The maximum Gasteiger partial charge on any atom is 0.214 e. The molecule has 0 aromatic carbocycles. The average molecular weight is 277 g/mol. The number of hydrogen-bond donors (Lipinski definition) is 0. The Morgan fingerprint density at radius 3 is 2.69 bits per heavy atom. The molecule has 0 saturated carbocycles. The van der Waals surface area contributed by atoms with Crippen LogP contribution in [0.5, 0.6) is 0 Å². The van der Waals surface area contributed by atoms with E-state index in [9.17, 15) is 4.79 Å². The Morgan fingerprint density at radius 2 is 2.06 bits per heavy atom. The molecular formula is C12H9BrN2O. The number of aromatic nitrogens is 2. The van der Waals surface area contributed by atoms with Gasteiger partial charge in [0.15, 0.2) is 0 Å². The van der Waals surface area contributed by atoms with E-state index in [1.807, 2.05) is 13.0 Å². The first-order valence-electron chi connectivity index (χ1n) is 4.76. The third kappa shape index (κ3) is 2.17. The minimum Gasteiger partial charge on any atom is -0.287 e. The Kier molecular flexibility index (Phi) is 3.10. The molecule has 0 radical (unpaired) electrons. The van der Waals surface area contributed by atoms with E-state index in [-0.39, 0.29) is 5.78 Å². The first kappa shape index (κ1) is 11.0. The van der Waals surface area contributed by atoms with Crippen LogP contribution in [-0.2, 0) is 0 Å². The quantitative estimate of drug-likeness (QED) is 0.793. The molecule has 2 rings (SSSR count). The molecular weight excluding hydrogens is 268 g/mol. The molecule has 0 atom stereocenters. The van der Waals surface area contributed by atoms with E-state index < -0.39 is 0 Å². The van der Waals surface area contributed by atoms with Crippen LogP contribution in [0.15, 0.2) is 41.1 Å². The molecule has 0 spiro atoms. The van der Waals surface area contributed by atoms with Crippen LogP contribution in [0.1, 0.15) is 21.7 Å². The van der Waals surface area contributed by atoms with Crippen LogP contribution in [0.4, 0.5) is 0 Å². The van der Waals surface area contributed by atoms with Gasteiger partial charge in [-0.05, 0) is 47.1 Å². The number of hydrogen-bond acceptors (Lipinski definition) is 3. The van der Waals surface area contributed by atoms with Gasteiger partial charge in [0, 0.05) is 28.1 Å². The summed E-state index contributed by atoms with van der Waals surface area (Å²) in [4.78, 5) is 20.2. The van der Waals surface area contributed by atoms with Crippen molar-refractivity contribution in [1.82, 2.24) is 9.97 Å². The van der Waals surface area contributed by atoms with Gasteiger partial charge in [-0.1, -0.05) is 0 Å². The highest BCUT2D eigenvalue weighted by molar-refractivity contribution is 9.10. The summed E-state index contributed by atoms with van der Waals surface area (Å²) in [7, 11) is 0. The van der Waals surface area contributed by atoms with E-state index in [1.165, 1.54) is 0 Å². The summed E-state index contributed by atoms with van der Waals surface area (Å²) in [5.74, 6) is -0.125. The standard InChI is InChI=1S/C12H9BrN2O/c1-8-4-5-9(7-15-8)12(16)11-10(13)3-2-6-14-11/h2-7H,1H3. The van der Waals surface area contributed by atoms with Crippen molar-refractivity contribution in [3.63, 3.8) is 0 Å². The molecule has 0 bridgehead atoms. The molecule has 2 aromatic heterocycles. The first-order valence-corrected chi connectivity index (χ1v) is 5.55. The minimum atomic E-state index is -0.125.